The highest BCUT2D eigenvalue weighted by molar-refractivity contribution is 5.67. The molecule has 2 rings (SSSR count). The maximum atomic E-state index is 13.1. The summed E-state index contributed by atoms with van der Waals surface area (Å²) in [6.07, 6.45) is 2.04. The highest BCUT2D eigenvalue weighted by atomic mass is 19.2. The highest BCUT2D eigenvalue weighted by Crippen LogP contribution is 2.21. The summed E-state index contributed by atoms with van der Waals surface area (Å²) < 4.78 is 25.9. The lowest BCUT2D eigenvalue weighted by molar-refractivity contribution is -0.138. The summed E-state index contributed by atoms with van der Waals surface area (Å²) in [4.78, 5) is 12.8. The number of hydrogen-bond donors (Lipinski definition) is 1. The number of carboxylic acids is 1. The molecule has 1 aliphatic rings. The summed E-state index contributed by atoms with van der Waals surface area (Å²) in [7, 11) is 0. The maximum absolute atomic E-state index is 13.1. The number of rotatable bonds is 4. The molecule has 1 aromatic carbocycles. The van der Waals surface area contributed by atoms with Crippen LogP contribution in [0.15, 0.2) is 18.2 Å². The Morgan fingerprint density at radius 2 is 2.16 bits per heavy atom. The number of nitrogens with zero attached hydrogens (tertiary/aromatic N) is 1. The van der Waals surface area contributed by atoms with E-state index in [0.717, 1.165) is 31.0 Å². The van der Waals surface area contributed by atoms with Gasteiger partial charge in [-0.05, 0) is 43.0 Å². The van der Waals surface area contributed by atoms with Crippen molar-refractivity contribution in [2.24, 2.45) is 5.92 Å². The van der Waals surface area contributed by atoms with Crippen molar-refractivity contribution < 1.29 is 18.7 Å². The molecule has 3 nitrogen and oxygen atoms in total. The number of halogens is 2. The van der Waals surface area contributed by atoms with E-state index in [0.29, 0.717) is 13.1 Å². The van der Waals surface area contributed by atoms with Crippen molar-refractivity contribution >= 4 is 5.97 Å². The van der Waals surface area contributed by atoms with E-state index in [1.807, 2.05) is 0 Å². The van der Waals surface area contributed by atoms with Crippen molar-refractivity contribution in [2.75, 3.05) is 13.1 Å². The minimum atomic E-state index is -0.842. The van der Waals surface area contributed by atoms with Crippen LogP contribution < -0.4 is 0 Å². The summed E-state index contributed by atoms with van der Waals surface area (Å²) in [6, 6.07) is 3.90. The van der Waals surface area contributed by atoms with Crippen LogP contribution in [-0.2, 0) is 11.3 Å². The monoisotopic (exact) mass is 269 g/mol. The molecule has 1 fully saturated rings. The Kier molecular flexibility index (Phi) is 4.47. The van der Waals surface area contributed by atoms with Gasteiger partial charge in [-0.25, -0.2) is 8.78 Å². The van der Waals surface area contributed by atoms with Crippen molar-refractivity contribution in [3.63, 3.8) is 0 Å². The summed E-state index contributed by atoms with van der Waals surface area (Å²) in [5.74, 6) is -2.31. The van der Waals surface area contributed by atoms with Gasteiger partial charge in [0.1, 0.15) is 0 Å². The molecule has 1 unspecified atom stereocenters. The first-order chi connectivity index (χ1) is 9.04. The molecule has 0 saturated carbocycles. The Morgan fingerprint density at radius 3 is 2.84 bits per heavy atom. The van der Waals surface area contributed by atoms with Crippen LogP contribution in [0.3, 0.4) is 0 Å². The van der Waals surface area contributed by atoms with Crippen LogP contribution in [0.5, 0.6) is 0 Å². The van der Waals surface area contributed by atoms with Gasteiger partial charge < -0.3 is 5.11 Å². The molecule has 0 radical (unpaired) electrons. The molecule has 104 valence electrons. The molecule has 1 aromatic rings. The summed E-state index contributed by atoms with van der Waals surface area (Å²) >= 11 is 0. The average Bonchev–Trinajstić information content (AvgIpc) is 2.33. The number of piperidine rings is 1. The predicted molar refractivity (Wildman–Crippen MR) is 66.6 cm³/mol. The third-order valence-corrected chi connectivity index (χ3v) is 3.46. The van der Waals surface area contributed by atoms with Crippen molar-refractivity contribution in [3.05, 3.63) is 35.4 Å². The van der Waals surface area contributed by atoms with Gasteiger partial charge in [0.2, 0.25) is 0 Å². The normalized spacial score (nSPS) is 20.4. The first kappa shape index (κ1) is 13.9. The minimum Gasteiger partial charge on any atom is -0.481 e. The van der Waals surface area contributed by atoms with Crippen LogP contribution in [0.1, 0.15) is 24.8 Å². The molecule has 0 aliphatic carbocycles. The second-order valence-corrected chi connectivity index (χ2v) is 5.09. The molecule has 19 heavy (non-hydrogen) atoms. The number of likely N-dealkylation sites (tertiary alicyclic amines) is 1. The standard InChI is InChI=1S/C14H17F2NO2/c15-12-4-3-11(6-13(12)16)9-17-5-1-2-10(8-17)7-14(18)19/h3-4,6,10H,1-2,5,7-9H2,(H,18,19). The molecule has 0 amide bonds. The molecule has 0 bridgehead atoms. The van der Waals surface area contributed by atoms with Crippen LogP contribution in [0.25, 0.3) is 0 Å². The number of benzene rings is 1. The van der Waals surface area contributed by atoms with Crippen molar-refractivity contribution in [1.82, 2.24) is 4.90 Å². The lowest BCUT2D eigenvalue weighted by atomic mass is 9.94. The fraction of sp³-hybridized carbons (Fsp3) is 0.500. The zero-order chi connectivity index (χ0) is 13.8. The van der Waals surface area contributed by atoms with Gasteiger partial charge in [0.15, 0.2) is 11.6 Å². The Hall–Kier alpha value is -1.49. The SMILES string of the molecule is O=C(O)CC1CCCN(Cc2ccc(F)c(F)c2)C1. The third-order valence-electron chi connectivity index (χ3n) is 3.46. The van der Waals surface area contributed by atoms with Gasteiger partial charge in [0.25, 0.3) is 0 Å². The summed E-state index contributed by atoms with van der Waals surface area (Å²) in [5, 5.41) is 8.80. The molecule has 1 heterocycles. The van der Waals surface area contributed by atoms with E-state index in [1.165, 1.54) is 6.07 Å². The van der Waals surface area contributed by atoms with Crippen LogP contribution in [-0.4, -0.2) is 29.1 Å². The van der Waals surface area contributed by atoms with Crippen molar-refractivity contribution in [1.29, 1.82) is 0 Å². The lowest BCUT2D eigenvalue weighted by Crippen LogP contribution is -2.35. The summed E-state index contributed by atoms with van der Waals surface area (Å²) in [6.45, 7) is 2.10. The number of carboxylic acid groups (broad SMARTS) is 1. The Labute approximate surface area is 110 Å². The smallest absolute Gasteiger partial charge is 0.303 e. The molecule has 1 atom stereocenters. The second-order valence-electron chi connectivity index (χ2n) is 5.09. The van der Waals surface area contributed by atoms with Gasteiger partial charge in [-0.15, -0.1) is 0 Å². The van der Waals surface area contributed by atoms with Gasteiger partial charge >= 0.3 is 5.97 Å². The van der Waals surface area contributed by atoms with Crippen molar-refractivity contribution in [3.8, 4) is 0 Å². The molecule has 1 saturated heterocycles. The fourth-order valence-corrected chi connectivity index (χ4v) is 2.60. The predicted octanol–water partition coefficient (Wildman–Crippen LogP) is 2.65. The van der Waals surface area contributed by atoms with Crippen molar-refractivity contribution in [2.45, 2.75) is 25.8 Å². The Bertz CT molecular complexity index is 465. The van der Waals surface area contributed by atoms with Crippen LogP contribution in [0, 0.1) is 17.6 Å². The van der Waals surface area contributed by atoms with Crippen LogP contribution in [0.2, 0.25) is 0 Å². The van der Waals surface area contributed by atoms with E-state index in [9.17, 15) is 13.6 Å². The van der Waals surface area contributed by atoms with Gasteiger partial charge in [-0.2, -0.15) is 0 Å². The lowest BCUT2D eigenvalue weighted by Gasteiger charge is -2.32. The molecule has 0 spiro atoms. The van der Waals surface area contributed by atoms with E-state index in [4.69, 9.17) is 5.11 Å². The molecule has 1 N–H and O–H groups in total. The second kappa shape index (κ2) is 6.10. The topological polar surface area (TPSA) is 40.5 Å². The van der Waals surface area contributed by atoms with E-state index in [1.54, 1.807) is 6.07 Å². The van der Waals surface area contributed by atoms with E-state index in [2.05, 4.69) is 4.90 Å². The first-order valence-electron chi connectivity index (χ1n) is 6.42. The number of hydrogen-bond acceptors (Lipinski definition) is 2. The summed E-state index contributed by atoms with van der Waals surface area (Å²) in [5.41, 5.74) is 0.717. The van der Waals surface area contributed by atoms with Gasteiger partial charge in [-0.3, -0.25) is 9.69 Å². The number of carbonyl (C=O) groups is 1. The molecular formula is C14H17F2NO2. The van der Waals surface area contributed by atoms with Gasteiger partial charge in [0, 0.05) is 19.5 Å². The largest absolute Gasteiger partial charge is 0.481 e. The van der Waals surface area contributed by atoms with Crippen LogP contribution in [0.4, 0.5) is 8.78 Å². The molecule has 1 aliphatic heterocycles. The Balaban J connectivity index is 1.94. The Morgan fingerprint density at radius 1 is 1.37 bits per heavy atom. The third kappa shape index (κ3) is 3.99. The van der Waals surface area contributed by atoms with E-state index < -0.39 is 17.6 Å². The molecule has 5 heteroatoms. The molecule has 0 aromatic heterocycles. The van der Waals surface area contributed by atoms with E-state index >= 15 is 0 Å². The molecular weight excluding hydrogens is 252 g/mol. The fourth-order valence-electron chi connectivity index (χ4n) is 2.60. The van der Waals surface area contributed by atoms with Gasteiger partial charge in [-0.1, -0.05) is 6.07 Å². The van der Waals surface area contributed by atoms with Gasteiger partial charge in [0.05, 0.1) is 0 Å². The first-order valence-corrected chi connectivity index (χ1v) is 6.42. The van der Waals surface area contributed by atoms with Crippen LogP contribution >= 0.6 is 0 Å². The zero-order valence-corrected chi connectivity index (χ0v) is 10.6. The zero-order valence-electron chi connectivity index (χ0n) is 10.6. The minimum absolute atomic E-state index is 0.150. The number of aliphatic carboxylic acids is 1. The average molecular weight is 269 g/mol. The van der Waals surface area contributed by atoms with E-state index in [-0.39, 0.29) is 12.3 Å². The highest BCUT2D eigenvalue weighted by Gasteiger charge is 2.22. The quantitative estimate of drug-likeness (QED) is 0.913. The maximum Gasteiger partial charge on any atom is 0.303 e.